The minimum Gasteiger partial charge on any atom is -0.351 e. The number of carbonyl (C=O) groups excluding carboxylic acids is 2. The van der Waals surface area contributed by atoms with Crippen molar-refractivity contribution in [3.05, 3.63) is 0 Å². The van der Waals surface area contributed by atoms with Crippen LogP contribution in [0.2, 0.25) is 0 Å². The van der Waals surface area contributed by atoms with Crippen molar-refractivity contribution < 1.29 is 9.59 Å². The molecule has 18 heavy (non-hydrogen) atoms. The van der Waals surface area contributed by atoms with Crippen molar-refractivity contribution in [2.24, 2.45) is 0 Å². The van der Waals surface area contributed by atoms with E-state index in [1.54, 1.807) is 6.92 Å². The smallest absolute Gasteiger partial charge is 0.237 e. The Bertz CT molecular complexity index is 326. The number of nitrogens with one attached hydrogen (secondary N) is 3. The topological polar surface area (TPSA) is 70.2 Å². The average molecular weight is 253 g/mol. The molecule has 0 rings (SSSR count). The lowest BCUT2D eigenvalue weighted by Crippen LogP contribution is -2.45. The van der Waals surface area contributed by atoms with Crippen LogP contribution in [0.3, 0.4) is 0 Å². The fourth-order valence-electron chi connectivity index (χ4n) is 1.27. The van der Waals surface area contributed by atoms with E-state index in [2.05, 4.69) is 21.9 Å². The van der Waals surface area contributed by atoms with E-state index in [0.29, 0.717) is 13.0 Å². The zero-order chi connectivity index (χ0) is 14.2. The van der Waals surface area contributed by atoms with Crippen molar-refractivity contribution in [2.75, 3.05) is 13.1 Å². The molecule has 0 heterocycles. The molecule has 2 amide bonds. The van der Waals surface area contributed by atoms with E-state index < -0.39 is 0 Å². The van der Waals surface area contributed by atoms with Crippen LogP contribution in [0.5, 0.6) is 0 Å². The average Bonchev–Trinajstić information content (AvgIpc) is 2.23. The van der Waals surface area contributed by atoms with Gasteiger partial charge < -0.3 is 16.0 Å². The highest BCUT2D eigenvalue weighted by atomic mass is 16.2. The molecule has 0 aromatic heterocycles. The van der Waals surface area contributed by atoms with Gasteiger partial charge in [-0.25, -0.2) is 0 Å². The third-order valence-corrected chi connectivity index (χ3v) is 2.07. The first-order chi connectivity index (χ1) is 8.26. The highest BCUT2D eigenvalue weighted by Gasteiger charge is 2.15. The second-order valence-corrected chi connectivity index (χ2v) is 5.15. The zero-order valence-electron chi connectivity index (χ0n) is 11.6. The summed E-state index contributed by atoms with van der Waals surface area (Å²) in [6, 6.07) is -0.360. The summed E-state index contributed by atoms with van der Waals surface area (Å²) in [6.45, 7) is 8.17. The van der Waals surface area contributed by atoms with Crippen molar-refractivity contribution in [1.29, 1.82) is 0 Å². The summed E-state index contributed by atoms with van der Waals surface area (Å²) in [5.74, 6) is 2.13. The molecule has 3 N–H and O–H groups in total. The van der Waals surface area contributed by atoms with E-state index in [9.17, 15) is 9.59 Å². The molecule has 102 valence electrons. The monoisotopic (exact) mass is 253 g/mol. The first-order valence-electron chi connectivity index (χ1n) is 6.02. The first-order valence-corrected chi connectivity index (χ1v) is 6.02. The lowest BCUT2D eigenvalue weighted by molar-refractivity contribution is -0.124. The maximum atomic E-state index is 11.5. The summed E-state index contributed by atoms with van der Waals surface area (Å²) in [6.07, 6.45) is 5.37. The van der Waals surface area contributed by atoms with E-state index in [1.807, 2.05) is 20.8 Å². The SMILES string of the molecule is C#CCNC(=O)C(C)NCCC(=O)NC(C)(C)C. The molecule has 0 radical (unpaired) electrons. The standard InChI is InChI=1S/C13H23N3O2/c1-6-8-15-12(18)10(2)14-9-7-11(17)16-13(3,4)5/h1,10,14H,7-9H2,2-5H3,(H,15,18)(H,16,17). The van der Waals surface area contributed by atoms with Crippen molar-refractivity contribution in [3.8, 4) is 12.3 Å². The Balaban J connectivity index is 3.81. The molecule has 0 aromatic rings. The summed E-state index contributed by atoms with van der Waals surface area (Å²) in [5.41, 5.74) is -0.229. The molecule has 1 unspecified atom stereocenters. The molecule has 0 fully saturated rings. The molecule has 0 bridgehead atoms. The van der Waals surface area contributed by atoms with Gasteiger partial charge in [0.2, 0.25) is 11.8 Å². The maximum Gasteiger partial charge on any atom is 0.237 e. The third kappa shape index (κ3) is 8.59. The number of amides is 2. The molecular formula is C13H23N3O2. The predicted octanol–water partition coefficient (Wildman–Crippen LogP) is 0.0187. The van der Waals surface area contributed by atoms with Gasteiger partial charge in [0.1, 0.15) is 0 Å². The summed E-state index contributed by atoms with van der Waals surface area (Å²) in [4.78, 5) is 22.9. The molecule has 5 heteroatoms. The van der Waals surface area contributed by atoms with Crippen LogP contribution in [0.1, 0.15) is 34.1 Å². The molecule has 0 aliphatic rings. The van der Waals surface area contributed by atoms with Crippen LogP contribution in [-0.4, -0.2) is 36.5 Å². The Labute approximate surface area is 109 Å². The quantitative estimate of drug-likeness (QED) is 0.584. The van der Waals surface area contributed by atoms with Gasteiger partial charge in [-0.1, -0.05) is 5.92 Å². The summed E-state index contributed by atoms with van der Waals surface area (Å²) < 4.78 is 0. The summed E-state index contributed by atoms with van der Waals surface area (Å²) in [7, 11) is 0. The van der Waals surface area contributed by atoms with Crippen molar-refractivity contribution in [1.82, 2.24) is 16.0 Å². The number of rotatable bonds is 6. The zero-order valence-corrected chi connectivity index (χ0v) is 11.6. The van der Waals surface area contributed by atoms with E-state index in [-0.39, 0.29) is 29.9 Å². The van der Waals surface area contributed by atoms with Gasteiger partial charge in [-0.3, -0.25) is 9.59 Å². The van der Waals surface area contributed by atoms with E-state index >= 15 is 0 Å². The van der Waals surface area contributed by atoms with Gasteiger partial charge in [0.25, 0.3) is 0 Å². The van der Waals surface area contributed by atoms with Crippen LogP contribution in [0.15, 0.2) is 0 Å². The summed E-state index contributed by atoms with van der Waals surface area (Å²) >= 11 is 0. The Morgan fingerprint density at radius 1 is 1.33 bits per heavy atom. The van der Waals surface area contributed by atoms with Gasteiger partial charge in [0, 0.05) is 18.5 Å². The Kier molecular flexibility index (Phi) is 7.06. The predicted molar refractivity (Wildman–Crippen MR) is 71.8 cm³/mol. The number of hydrogen-bond acceptors (Lipinski definition) is 3. The first kappa shape index (κ1) is 16.5. The van der Waals surface area contributed by atoms with Gasteiger partial charge >= 0.3 is 0 Å². The molecule has 0 spiro atoms. The van der Waals surface area contributed by atoms with Crippen LogP contribution in [0.4, 0.5) is 0 Å². The Hall–Kier alpha value is -1.54. The maximum absolute atomic E-state index is 11.5. The number of terminal acetylenes is 1. The van der Waals surface area contributed by atoms with Gasteiger partial charge in [0.15, 0.2) is 0 Å². The lowest BCUT2D eigenvalue weighted by atomic mass is 10.1. The largest absolute Gasteiger partial charge is 0.351 e. The summed E-state index contributed by atoms with van der Waals surface area (Å²) in [5, 5.41) is 8.39. The molecule has 5 nitrogen and oxygen atoms in total. The van der Waals surface area contributed by atoms with Gasteiger partial charge in [0.05, 0.1) is 12.6 Å². The second-order valence-electron chi connectivity index (χ2n) is 5.15. The van der Waals surface area contributed by atoms with E-state index in [4.69, 9.17) is 6.42 Å². The molecule has 0 aromatic carbocycles. The fraction of sp³-hybridized carbons (Fsp3) is 0.692. The van der Waals surface area contributed by atoms with Crippen molar-refractivity contribution >= 4 is 11.8 Å². The molecule has 0 aliphatic heterocycles. The molecular weight excluding hydrogens is 230 g/mol. The minimum absolute atomic E-state index is 0.0359. The number of hydrogen-bond donors (Lipinski definition) is 3. The van der Waals surface area contributed by atoms with E-state index in [0.717, 1.165) is 0 Å². The van der Waals surface area contributed by atoms with Crippen LogP contribution in [0, 0.1) is 12.3 Å². The van der Waals surface area contributed by atoms with Crippen molar-refractivity contribution in [2.45, 2.75) is 45.7 Å². The fourth-order valence-corrected chi connectivity index (χ4v) is 1.27. The third-order valence-electron chi connectivity index (χ3n) is 2.07. The molecule has 0 aliphatic carbocycles. The molecule has 0 saturated carbocycles. The van der Waals surface area contributed by atoms with Crippen LogP contribution >= 0.6 is 0 Å². The van der Waals surface area contributed by atoms with Gasteiger partial charge in [-0.05, 0) is 27.7 Å². The highest BCUT2D eigenvalue weighted by molar-refractivity contribution is 5.81. The Morgan fingerprint density at radius 2 is 1.94 bits per heavy atom. The van der Waals surface area contributed by atoms with Crippen LogP contribution in [0.25, 0.3) is 0 Å². The minimum atomic E-state index is -0.360. The molecule has 0 saturated heterocycles. The molecule has 1 atom stereocenters. The highest BCUT2D eigenvalue weighted by Crippen LogP contribution is 1.98. The Morgan fingerprint density at radius 3 is 2.44 bits per heavy atom. The van der Waals surface area contributed by atoms with Crippen LogP contribution in [-0.2, 0) is 9.59 Å². The second kappa shape index (κ2) is 7.72. The lowest BCUT2D eigenvalue weighted by Gasteiger charge is -2.20. The van der Waals surface area contributed by atoms with E-state index in [1.165, 1.54) is 0 Å². The number of carbonyl (C=O) groups is 2. The normalized spacial score (nSPS) is 12.4. The van der Waals surface area contributed by atoms with Gasteiger partial charge in [-0.2, -0.15) is 0 Å². The van der Waals surface area contributed by atoms with Crippen molar-refractivity contribution in [3.63, 3.8) is 0 Å². The van der Waals surface area contributed by atoms with Gasteiger partial charge in [-0.15, -0.1) is 6.42 Å². The van der Waals surface area contributed by atoms with Crippen LogP contribution < -0.4 is 16.0 Å².